The van der Waals surface area contributed by atoms with E-state index in [-0.39, 0.29) is 68.2 Å². The number of fused-ring (bicyclic) bond motifs is 2. The van der Waals surface area contributed by atoms with E-state index in [1.807, 2.05) is 64.4 Å². The summed E-state index contributed by atoms with van der Waals surface area (Å²) in [7, 11) is 0. The highest BCUT2D eigenvalue weighted by molar-refractivity contribution is 7.13. The topological polar surface area (TPSA) is 187 Å². The van der Waals surface area contributed by atoms with Crippen LogP contribution in [0.15, 0.2) is 29.8 Å². The van der Waals surface area contributed by atoms with Gasteiger partial charge >= 0.3 is 6.09 Å². The Balaban J connectivity index is 0.824. The number of rotatable bonds is 14. The molecular formula is C45H65N5O10S. The van der Waals surface area contributed by atoms with Crippen LogP contribution in [0.4, 0.5) is 4.79 Å². The van der Waals surface area contributed by atoms with Gasteiger partial charge in [-0.2, -0.15) is 0 Å². The fourth-order valence-electron chi connectivity index (χ4n) is 10.2. The van der Waals surface area contributed by atoms with E-state index in [0.29, 0.717) is 31.7 Å². The third kappa shape index (κ3) is 9.79. The van der Waals surface area contributed by atoms with E-state index in [1.54, 1.807) is 11.3 Å². The van der Waals surface area contributed by atoms with Crippen LogP contribution in [0.3, 0.4) is 0 Å². The zero-order valence-electron chi connectivity index (χ0n) is 36.7. The zero-order chi connectivity index (χ0) is 43.7. The highest BCUT2D eigenvalue weighted by atomic mass is 32.1. The van der Waals surface area contributed by atoms with Gasteiger partial charge in [-0.15, -0.1) is 11.3 Å². The molecule has 15 nitrogen and oxygen atoms in total. The van der Waals surface area contributed by atoms with Gasteiger partial charge in [0.1, 0.15) is 12.1 Å². The van der Waals surface area contributed by atoms with E-state index in [2.05, 4.69) is 34.8 Å². The summed E-state index contributed by atoms with van der Waals surface area (Å²) in [6.07, 6.45) is 3.51. The predicted octanol–water partition coefficient (Wildman–Crippen LogP) is 5.76. The van der Waals surface area contributed by atoms with Crippen molar-refractivity contribution in [2.45, 2.75) is 155 Å². The number of nitrogens with zero attached hydrogens (tertiary/aromatic N) is 2. The lowest BCUT2D eigenvalue weighted by Gasteiger charge is -2.60. The molecule has 1 aromatic heterocycles. The first-order valence-electron chi connectivity index (χ1n) is 22.1. The van der Waals surface area contributed by atoms with Crippen LogP contribution in [0, 0.1) is 36.0 Å². The highest BCUT2D eigenvalue weighted by Crippen LogP contribution is 2.60. The molecule has 2 bridgehead atoms. The van der Waals surface area contributed by atoms with E-state index in [4.69, 9.17) is 24.0 Å². The Labute approximate surface area is 363 Å². The maximum Gasteiger partial charge on any atom is 0.407 e. The first-order chi connectivity index (χ1) is 29.0. The number of carbonyl (C=O) groups is 4. The SMILES string of the molecule is Cc1ncsc1-c1ccc(CNC(=O)C2CC(O)CN2C(=O)C(NC(=O)CCCCNC(=O)OCCC2OC3OC4(C)CCC5C(C)CCC(C2C)C35OO4)C(C)(C)C)cc1. The molecule has 0 radical (unpaired) electrons. The van der Waals surface area contributed by atoms with Crippen molar-refractivity contribution in [3.63, 3.8) is 0 Å². The molecule has 5 saturated heterocycles. The lowest BCUT2D eigenvalue weighted by molar-refractivity contribution is -0.571. The van der Waals surface area contributed by atoms with Crippen molar-refractivity contribution in [3.8, 4) is 10.4 Å². The molecule has 11 unspecified atom stereocenters. The van der Waals surface area contributed by atoms with Crippen LogP contribution in [0.25, 0.3) is 10.4 Å². The Morgan fingerprint density at radius 3 is 2.54 bits per heavy atom. The lowest BCUT2D eigenvalue weighted by atomic mass is 9.57. The first-order valence-corrected chi connectivity index (χ1v) is 23.0. The summed E-state index contributed by atoms with van der Waals surface area (Å²) in [4.78, 5) is 72.2. The Bertz CT molecular complexity index is 1890. The van der Waals surface area contributed by atoms with Crippen LogP contribution < -0.4 is 16.0 Å². The van der Waals surface area contributed by atoms with Gasteiger partial charge in [-0.1, -0.05) is 58.9 Å². The predicted molar refractivity (Wildman–Crippen MR) is 226 cm³/mol. The minimum Gasteiger partial charge on any atom is -0.449 e. The van der Waals surface area contributed by atoms with E-state index in [1.165, 1.54) is 4.90 Å². The van der Waals surface area contributed by atoms with Crippen molar-refractivity contribution in [1.82, 2.24) is 25.8 Å². The Hall–Kier alpha value is -3.67. The molecule has 6 heterocycles. The van der Waals surface area contributed by atoms with Crippen LogP contribution in [0.2, 0.25) is 0 Å². The number of aliphatic hydroxyl groups is 1. The number of aryl methyl sites for hydroxylation is 1. The standard InChI is InChI=1S/C45H65N5O10S/c1-26-11-16-33-27(2)35(57-41-45(33)32(26)17-19-44(7,58-41)59-60-45)18-21-56-42(55)46-20-9-8-10-36(52)49-38(43(4,5)6)40(54)50-24-31(51)22-34(50)39(53)47-23-29-12-14-30(15-13-29)37-28(3)48-25-61-37/h12-15,25-27,31-35,38,41,51H,8-11,16-24H2,1-7H3,(H,46,55)(H,47,53)(H,49,52). The lowest BCUT2D eigenvalue weighted by Crippen LogP contribution is -2.70. The van der Waals surface area contributed by atoms with Gasteiger partial charge in [-0.25, -0.2) is 19.6 Å². The number of hydrogen-bond donors (Lipinski definition) is 4. The van der Waals surface area contributed by atoms with Crippen LogP contribution in [-0.2, 0) is 44.9 Å². The van der Waals surface area contributed by atoms with Gasteiger partial charge < -0.3 is 40.2 Å². The van der Waals surface area contributed by atoms with E-state index in [9.17, 15) is 24.3 Å². The largest absolute Gasteiger partial charge is 0.449 e. The summed E-state index contributed by atoms with van der Waals surface area (Å²) in [5.41, 5.74) is 3.43. The van der Waals surface area contributed by atoms with Crippen LogP contribution in [-0.4, -0.2) is 100 Å². The average molecular weight is 868 g/mol. The maximum absolute atomic E-state index is 14.0. The van der Waals surface area contributed by atoms with Crippen LogP contribution in [0.5, 0.6) is 0 Å². The Morgan fingerprint density at radius 2 is 1.82 bits per heavy atom. The van der Waals surface area contributed by atoms with Gasteiger partial charge in [-0.05, 0) is 80.2 Å². The number of β-amino-alcohol motifs (C(OH)–C–C–N with tert-alkyl or cyclic N) is 1. The molecule has 11 atom stereocenters. The number of aromatic nitrogens is 1. The van der Waals surface area contributed by atoms with E-state index >= 15 is 0 Å². The maximum atomic E-state index is 14.0. The van der Waals surface area contributed by atoms with Gasteiger partial charge in [0.05, 0.1) is 34.9 Å². The fourth-order valence-corrected chi connectivity index (χ4v) is 11.1. The van der Waals surface area contributed by atoms with Crippen molar-refractivity contribution in [1.29, 1.82) is 0 Å². The monoisotopic (exact) mass is 867 g/mol. The number of unbranched alkanes of at least 4 members (excludes halogenated alkanes) is 1. The number of amides is 4. The number of thiazole rings is 1. The molecule has 61 heavy (non-hydrogen) atoms. The van der Waals surface area contributed by atoms with Crippen molar-refractivity contribution in [3.05, 3.63) is 41.0 Å². The number of nitrogens with one attached hydrogen (secondary N) is 3. The second kappa shape index (κ2) is 18.6. The number of alkyl carbamates (subject to hydrolysis) is 1. The number of carbonyl (C=O) groups excluding carboxylic acids is 4. The molecule has 2 aromatic rings. The van der Waals surface area contributed by atoms with Gasteiger partial charge in [0.15, 0.2) is 11.9 Å². The normalized spacial score (nSPS) is 32.4. The molecule has 5 aliphatic heterocycles. The summed E-state index contributed by atoms with van der Waals surface area (Å²) in [6.45, 7) is 14.7. The molecule has 8 rings (SSSR count). The van der Waals surface area contributed by atoms with E-state index in [0.717, 1.165) is 47.4 Å². The second-order valence-corrected chi connectivity index (χ2v) is 20.1. The number of likely N-dealkylation sites (tertiary alicyclic amines) is 1. The molecule has 16 heteroatoms. The van der Waals surface area contributed by atoms with Crippen molar-refractivity contribution in [2.75, 3.05) is 19.7 Å². The van der Waals surface area contributed by atoms with Crippen molar-refractivity contribution < 1.29 is 48.3 Å². The number of aliphatic hydroxyl groups excluding tert-OH is 1. The van der Waals surface area contributed by atoms with Gasteiger partial charge in [0.2, 0.25) is 23.5 Å². The summed E-state index contributed by atoms with van der Waals surface area (Å²) in [5, 5.41) is 19.2. The number of ether oxygens (including phenoxy) is 3. The molecular weight excluding hydrogens is 803 g/mol. The zero-order valence-corrected chi connectivity index (χ0v) is 37.5. The minimum absolute atomic E-state index is 0.00344. The quantitative estimate of drug-likeness (QED) is 0.134. The van der Waals surface area contributed by atoms with E-state index < -0.39 is 53.3 Å². The molecule has 1 spiro atoms. The molecule has 1 aliphatic carbocycles. The number of hydrogen-bond acceptors (Lipinski definition) is 12. The molecule has 6 fully saturated rings. The molecule has 4 N–H and O–H groups in total. The average Bonchev–Trinajstić information content (AvgIpc) is 3.76. The summed E-state index contributed by atoms with van der Waals surface area (Å²) >= 11 is 1.57. The molecule has 1 aromatic carbocycles. The van der Waals surface area contributed by atoms with Crippen LogP contribution >= 0.6 is 11.3 Å². The van der Waals surface area contributed by atoms with Crippen LogP contribution in [0.1, 0.15) is 111 Å². The molecule has 6 aliphatic rings. The molecule has 336 valence electrons. The van der Waals surface area contributed by atoms with Gasteiger partial charge in [0.25, 0.3) is 0 Å². The summed E-state index contributed by atoms with van der Waals surface area (Å²) < 4.78 is 18.6. The van der Waals surface area contributed by atoms with Crippen molar-refractivity contribution in [2.24, 2.45) is 29.1 Å². The Morgan fingerprint density at radius 1 is 1.05 bits per heavy atom. The highest BCUT2D eigenvalue weighted by Gasteiger charge is 2.69. The van der Waals surface area contributed by atoms with Gasteiger partial charge in [0, 0.05) is 51.2 Å². The molecule has 4 amide bonds. The summed E-state index contributed by atoms with van der Waals surface area (Å²) in [5.74, 6) is -0.790. The minimum atomic E-state index is -0.922. The Kier molecular flexibility index (Phi) is 13.8. The van der Waals surface area contributed by atoms with Crippen molar-refractivity contribution >= 4 is 35.2 Å². The second-order valence-electron chi connectivity index (χ2n) is 19.2. The smallest absolute Gasteiger partial charge is 0.407 e. The summed E-state index contributed by atoms with van der Waals surface area (Å²) in [6, 6.07) is 6.09. The van der Waals surface area contributed by atoms with Gasteiger partial charge in [-0.3, -0.25) is 14.4 Å². The third-order valence-electron chi connectivity index (χ3n) is 13.7. The fraction of sp³-hybridized carbons (Fsp3) is 0.711. The first kappa shape index (κ1) is 45.4. The number of benzene rings is 1. The third-order valence-corrected chi connectivity index (χ3v) is 14.7. The molecule has 1 saturated carbocycles.